The summed E-state index contributed by atoms with van der Waals surface area (Å²) in [7, 11) is 0. The molecule has 0 fully saturated rings. The number of rotatable bonds is 3. The molecule has 0 radical (unpaired) electrons. The SMILES string of the molecule is CC(C=O)Cc1ccc(Br)c(Cl)c1. The standard InChI is InChI=1S/C10H10BrClO/c1-7(6-13)4-8-2-3-9(11)10(12)5-8/h2-3,5-7H,4H2,1H3. The summed E-state index contributed by atoms with van der Waals surface area (Å²) < 4.78 is 0.886. The van der Waals surface area contributed by atoms with Gasteiger partial charge < -0.3 is 4.79 Å². The van der Waals surface area contributed by atoms with Crippen molar-refractivity contribution in [1.29, 1.82) is 0 Å². The second-order valence-corrected chi connectivity index (χ2v) is 4.33. The molecule has 0 aliphatic rings. The summed E-state index contributed by atoms with van der Waals surface area (Å²) in [5.74, 6) is 0.0530. The van der Waals surface area contributed by atoms with Gasteiger partial charge in [-0.15, -0.1) is 0 Å². The van der Waals surface area contributed by atoms with Gasteiger partial charge in [0.05, 0.1) is 5.02 Å². The first kappa shape index (κ1) is 10.7. The van der Waals surface area contributed by atoms with E-state index in [2.05, 4.69) is 15.9 Å². The van der Waals surface area contributed by atoms with Crippen LogP contribution in [0, 0.1) is 5.92 Å². The van der Waals surface area contributed by atoms with Crippen molar-refractivity contribution in [2.24, 2.45) is 5.92 Å². The predicted octanol–water partition coefficient (Wildman–Crippen LogP) is 3.48. The molecule has 13 heavy (non-hydrogen) atoms. The van der Waals surface area contributed by atoms with Crippen molar-refractivity contribution >= 4 is 33.8 Å². The predicted molar refractivity (Wildman–Crippen MR) is 58.1 cm³/mol. The zero-order valence-corrected chi connectivity index (χ0v) is 9.60. The van der Waals surface area contributed by atoms with Crippen LogP contribution >= 0.6 is 27.5 Å². The number of hydrogen-bond donors (Lipinski definition) is 0. The number of carbonyl (C=O) groups excluding carboxylic acids is 1. The minimum atomic E-state index is 0.0530. The molecule has 1 atom stereocenters. The highest BCUT2D eigenvalue weighted by Crippen LogP contribution is 2.24. The fraction of sp³-hybridized carbons (Fsp3) is 0.300. The first-order chi connectivity index (χ1) is 6.13. The Morgan fingerprint density at radius 1 is 1.62 bits per heavy atom. The summed E-state index contributed by atoms with van der Waals surface area (Å²) in [5, 5.41) is 0.690. The smallest absolute Gasteiger partial charge is 0.123 e. The van der Waals surface area contributed by atoms with Crippen LogP contribution < -0.4 is 0 Å². The molecule has 0 N–H and O–H groups in total. The summed E-state index contributed by atoms with van der Waals surface area (Å²) in [6.45, 7) is 1.89. The third kappa shape index (κ3) is 3.12. The second kappa shape index (κ2) is 4.77. The molecular weight excluding hydrogens is 251 g/mol. The van der Waals surface area contributed by atoms with E-state index in [0.29, 0.717) is 5.02 Å². The highest BCUT2D eigenvalue weighted by Gasteiger charge is 2.03. The van der Waals surface area contributed by atoms with Crippen molar-refractivity contribution < 1.29 is 4.79 Å². The van der Waals surface area contributed by atoms with Crippen LogP contribution in [-0.2, 0) is 11.2 Å². The van der Waals surface area contributed by atoms with Crippen molar-refractivity contribution in [2.75, 3.05) is 0 Å². The Morgan fingerprint density at radius 2 is 2.31 bits per heavy atom. The Morgan fingerprint density at radius 3 is 2.85 bits per heavy atom. The van der Waals surface area contributed by atoms with Crippen molar-refractivity contribution in [3.8, 4) is 0 Å². The number of halogens is 2. The summed E-state index contributed by atoms with van der Waals surface area (Å²) in [4.78, 5) is 10.4. The summed E-state index contributed by atoms with van der Waals surface area (Å²) >= 11 is 9.22. The summed E-state index contributed by atoms with van der Waals surface area (Å²) in [6, 6.07) is 5.75. The van der Waals surface area contributed by atoms with E-state index in [0.717, 1.165) is 22.7 Å². The lowest BCUT2D eigenvalue weighted by Gasteiger charge is -2.04. The Kier molecular flexibility index (Phi) is 3.94. The largest absolute Gasteiger partial charge is 0.303 e. The minimum absolute atomic E-state index is 0.0530. The number of carbonyl (C=O) groups is 1. The molecule has 1 unspecified atom stereocenters. The first-order valence-corrected chi connectivity index (χ1v) is 5.20. The van der Waals surface area contributed by atoms with Crippen molar-refractivity contribution in [2.45, 2.75) is 13.3 Å². The molecule has 0 amide bonds. The van der Waals surface area contributed by atoms with E-state index < -0.39 is 0 Å². The van der Waals surface area contributed by atoms with E-state index >= 15 is 0 Å². The molecular formula is C10H10BrClO. The van der Waals surface area contributed by atoms with Gasteiger partial charge in [-0.05, 0) is 40.0 Å². The van der Waals surface area contributed by atoms with Gasteiger partial charge in [0.15, 0.2) is 0 Å². The van der Waals surface area contributed by atoms with Crippen molar-refractivity contribution in [3.05, 3.63) is 33.3 Å². The van der Waals surface area contributed by atoms with Gasteiger partial charge in [0.1, 0.15) is 6.29 Å². The molecule has 0 bridgehead atoms. The Balaban J connectivity index is 2.79. The maximum absolute atomic E-state index is 10.4. The van der Waals surface area contributed by atoms with Crippen LogP contribution in [0.1, 0.15) is 12.5 Å². The Labute approximate surface area is 91.2 Å². The quantitative estimate of drug-likeness (QED) is 0.761. The minimum Gasteiger partial charge on any atom is -0.303 e. The average Bonchev–Trinajstić information content (AvgIpc) is 2.11. The first-order valence-electron chi connectivity index (χ1n) is 4.02. The molecule has 0 spiro atoms. The summed E-state index contributed by atoms with van der Waals surface area (Å²) in [6.07, 6.45) is 1.70. The van der Waals surface area contributed by atoms with E-state index in [-0.39, 0.29) is 5.92 Å². The molecule has 0 heterocycles. The van der Waals surface area contributed by atoms with Gasteiger partial charge in [-0.25, -0.2) is 0 Å². The van der Waals surface area contributed by atoms with Crippen LogP contribution in [0.3, 0.4) is 0 Å². The highest BCUT2D eigenvalue weighted by molar-refractivity contribution is 9.10. The van der Waals surface area contributed by atoms with Crippen LogP contribution in [0.25, 0.3) is 0 Å². The van der Waals surface area contributed by atoms with Gasteiger partial charge in [0.25, 0.3) is 0 Å². The zero-order chi connectivity index (χ0) is 9.84. The second-order valence-electron chi connectivity index (χ2n) is 3.07. The van der Waals surface area contributed by atoms with Gasteiger partial charge in [-0.1, -0.05) is 24.6 Å². The lowest BCUT2D eigenvalue weighted by Crippen LogP contribution is -2.00. The molecule has 1 nitrogen and oxygen atoms in total. The average molecular weight is 262 g/mol. The van der Waals surface area contributed by atoms with Gasteiger partial charge in [-0.3, -0.25) is 0 Å². The van der Waals surface area contributed by atoms with Crippen LogP contribution in [0.4, 0.5) is 0 Å². The summed E-state index contributed by atoms with van der Waals surface area (Å²) in [5.41, 5.74) is 1.09. The third-order valence-corrected chi connectivity index (χ3v) is 3.01. The fourth-order valence-electron chi connectivity index (χ4n) is 1.09. The normalized spacial score (nSPS) is 12.5. The molecule has 0 aliphatic carbocycles. The maximum Gasteiger partial charge on any atom is 0.123 e. The van der Waals surface area contributed by atoms with Gasteiger partial charge in [0, 0.05) is 10.4 Å². The van der Waals surface area contributed by atoms with Crippen LogP contribution in [0.15, 0.2) is 22.7 Å². The van der Waals surface area contributed by atoms with Crippen molar-refractivity contribution in [1.82, 2.24) is 0 Å². The lowest BCUT2D eigenvalue weighted by molar-refractivity contribution is -0.110. The molecule has 0 saturated carbocycles. The molecule has 70 valence electrons. The van der Waals surface area contributed by atoms with Gasteiger partial charge >= 0.3 is 0 Å². The number of aldehydes is 1. The Bertz CT molecular complexity index is 312. The van der Waals surface area contributed by atoms with Gasteiger partial charge in [0.2, 0.25) is 0 Å². The molecule has 0 aliphatic heterocycles. The zero-order valence-electron chi connectivity index (χ0n) is 7.26. The van der Waals surface area contributed by atoms with Crippen LogP contribution in [0.2, 0.25) is 5.02 Å². The Hall–Kier alpha value is -0.340. The monoisotopic (exact) mass is 260 g/mol. The van der Waals surface area contributed by atoms with E-state index in [1.807, 2.05) is 25.1 Å². The maximum atomic E-state index is 10.4. The lowest BCUT2D eigenvalue weighted by atomic mass is 10.0. The van der Waals surface area contributed by atoms with E-state index in [1.165, 1.54) is 0 Å². The molecule has 1 rings (SSSR count). The number of hydrogen-bond acceptors (Lipinski definition) is 1. The fourth-order valence-corrected chi connectivity index (χ4v) is 1.54. The molecule has 0 saturated heterocycles. The topological polar surface area (TPSA) is 17.1 Å². The molecule has 3 heteroatoms. The van der Waals surface area contributed by atoms with Crippen LogP contribution in [-0.4, -0.2) is 6.29 Å². The number of benzene rings is 1. The molecule has 0 aromatic heterocycles. The van der Waals surface area contributed by atoms with Gasteiger partial charge in [-0.2, -0.15) is 0 Å². The molecule has 1 aromatic rings. The van der Waals surface area contributed by atoms with E-state index in [9.17, 15) is 4.79 Å². The van der Waals surface area contributed by atoms with E-state index in [1.54, 1.807) is 0 Å². The molecule has 1 aromatic carbocycles. The van der Waals surface area contributed by atoms with E-state index in [4.69, 9.17) is 11.6 Å². The van der Waals surface area contributed by atoms with Crippen molar-refractivity contribution in [3.63, 3.8) is 0 Å². The third-order valence-electron chi connectivity index (χ3n) is 1.77. The van der Waals surface area contributed by atoms with Crippen LogP contribution in [0.5, 0.6) is 0 Å². The highest BCUT2D eigenvalue weighted by atomic mass is 79.9.